The summed E-state index contributed by atoms with van der Waals surface area (Å²) < 4.78 is 1.96. The van der Waals surface area contributed by atoms with Crippen molar-refractivity contribution in [1.29, 1.82) is 0 Å². The van der Waals surface area contributed by atoms with Crippen LogP contribution in [-0.2, 0) is 11.2 Å². The number of fused-ring (bicyclic) bond motifs is 1. The van der Waals surface area contributed by atoms with Crippen molar-refractivity contribution in [1.82, 2.24) is 14.7 Å². The molecule has 0 bridgehead atoms. The lowest BCUT2D eigenvalue weighted by molar-refractivity contribution is -0.121. The summed E-state index contributed by atoms with van der Waals surface area (Å²) in [6.07, 6.45) is 10.4. The number of aromatic nitrogens is 2. The minimum absolute atomic E-state index is 0.0489. The van der Waals surface area contributed by atoms with Gasteiger partial charge in [0.1, 0.15) is 5.65 Å². The predicted molar refractivity (Wildman–Crippen MR) is 103 cm³/mol. The van der Waals surface area contributed by atoms with Crippen LogP contribution in [0.5, 0.6) is 0 Å². The number of amides is 1. The molecule has 1 atom stereocenters. The van der Waals surface area contributed by atoms with Gasteiger partial charge in [0.2, 0.25) is 5.91 Å². The van der Waals surface area contributed by atoms with Crippen LogP contribution >= 0.6 is 0 Å². The summed E-state index contributed by atoms with van der Waals surface area (Å²) in [7, 11) is 0. The number of benzene rings is 1. The maximum atomic E-state index is 12.8. The Kier molecular flexibility index (Phi) is 5.00. The lowest BCUT2D eigenvalue weighted by Crippen LogP contribution is -2.35. The van der Waals surface area contributed by atoms with Gasteiger partial charge in [0.25, 0.3) is 0 Å². The topological polar surface area (TPSA) is 46.4 Å². The molecule has 1 amide bonds. The summed E-state index contributed by atoms with van der Waals surface area (Å²) >= 11 is 0. The summed E-state index contributed by atoms with van der Waals surface area (Å²) in [5.74, 6) is 0.573. The maximum absolute atomic E-state index is 12.8. The number of rotatable bonds is 5. The highest BCUT2D eigenvalue weighted by Gasteiger charge is 2.26. The van der Waals surface area contributed by atoms with E-state index in [2.05, 4.69) is 34.6 Å². The highest BCUT2D eigenvalue weighted by Crippen LogP contribution is 2.34. The van der Waals surface area contributed by atoms with Crippen molar-refractivity contribution in [2.24, 2.45) is 5.92 Å². The van der Waals surface area contributed by atoms with Gasteiger partial charge in [-0.3, -0.25) is 4.79 Å². The van der Waals surface area contributed by atoms with E-state index in [1.807, 2.05) is 41.1 Å². The second-order valence-corrected chi connectivity index (χ2v) is 7.23. The average Bonchev–Trinajstić information content (AvgIpc) is 3.09. The molecule has 0 saturated heterocycles. The third-order valence-corrected chi connectivity index (χ3v) is 5.35. The monoisotopic (exact) mass is 347 g/mol. The Morgan fingerprint density at radius 2 is 1.85 bits per heavy atom. The standard InChI is InChI=1S/C22H25N3O/c26-21(15-19-16-25-14-8-7-13-20(25)23-19)24-22(17-9-3-1-4-10-17)18-11-5-2-6-12-18/h1,3-4,7-10,13-14,16,18,22H,2,5-6,11-12,15H2,(H,24,26). The molecule has 1 fully saturated rings. The van der Waals surface area contributed by atoms with Crippen LogP contribution < -0.4 is 5.32 Å². The first-order valence-electron chi connectivity index (χ1n) is 9.56. The molecule has 4 nitrogen and oxygen atoms in total. The van der Waals surface area contributed by atoms with E-state index in [9.17, 15) is 4.79 Å². The number of imidazole rings is 1. The summed E-state index contributed by atoms with van der Waals surface area (Å²) in [4.78, 5) is 17.3. The Hall–Kier alpha value is -2.62. The fourth-order valence-electron chi connectivity index (χ4n) is 4.06. The Bertz CT molecular complexity index is 832. The van der Waals surface area contributed by atoms with Crippen LogP contribution in [-0.4, -0.2) is 15.3 Å². The number of nitrogens with zero attached hydrogens (tertiary/aromatic N) is 2. The second-order valence-electron chi connectivity index (χ2n) is 7.23. The van der Waals surface area contributed by atoms with Gasteiger partial charge in [0.15, 0.2) is 0 Å². The van der Waals surface area contributed by atoms with E-state index in [1.165, 1.54) is 37.7 Å². The molecule has 0 aliphatic heterocycles. The van der Waals surface area contributed by atoms with Gasteiger partial charge < -0.3 is 9.72 Å². The van der Waals surface area contributed by atoms with Crippen LogP contribution in [0, 0.1) is 5.92 Å². The van der Waals surface area contributed by atoms with E-state index in [0.717, 1.165) is 11.3 Å². The number of hydrogen-bond acceptors (Lipinski definition) is 2. The minimum atomic E-state index is 0.0489. The molecule has 3 aromatic rings. The first-order chi connectivity index (χ1) is 12.8. The third kappa shape index (κ3) is 3.79. The number of carbonyl (C=O) groups excluding carboxylic acids is 1. The smallest absolute Gasteiger partial charge is 0.226 e. The second kappa shape index (κ2) is 7.73. The van der Waals surface area contributed by atoms with E-state index in [0.29, 0.717) is 12.3 Å². The van der Waals surface area contributed by atoms with Crippen LogP contribution in [0.4, 0.5) is 0 Å². The van der Waals surface area contributed by atoms with E-state index in [1.54, 1.807) is 0 Å². The van der Waals surface area contributed by atoms with Gasteiger partial charge in [0.05, 0.1) is 18.2 Å². The van der Waals surface area contributed by atoms with Crippen molar-refractivity contribution in [2.75, 3.05) is 0 Å². The van der Waals surface area contributed by atoms with E-state index in [-0.39, 0.29) is 11.9 Å². The first kappa shape index (κ1) is 16.8. The van der Waals surface area contributed by atoms with Crippen LogP contribution in [0.1, 0.15) is 49.4 Å². The molecule has 1 N–H and O–H groups in total. The SMILES string of the molecule is O=C(Cc1cn2ccccc2n1)NC(c1ccccc1)C1CCCCC1. The molecule has 1 saturated carbocycles. The Balaban J connectivity index is 1.50. The maximum Gasteiger partial charge on any atom is 0.226 e. The molecule has 1 aliphatic carbocycles. The molecule has 2 heterocycles. The molecular formula is C22H25N3O. The van der Waals surface area contributed by atoms with E-state index >= 15 is 0 Å². The van der Waals surface area contributed by atoms with Gasteiger partial charge in [-0.05, 0) is 36.5 Å². The molecule has 1 unspecified atom stereocenters. The van der Waals surface area contributed by atoms with E-state index in [4.69, 9.17) is 0 Å². The Labute approximate surface area is 154 Å². The van der Waals surface area contributed by atoms with Crippen LogP contribution in [0.2, 0.25) is 0 Å². The zero-order valence-electron chi connectivity index (χ0n) is 15.0. The molecule has 0 radical (unpaired) electrons. The van der Waals surface area contributed by atoms with Gasteiger partial charge in [0, 0.05) is 12.4 Å². The predicted octanol–water partition coefficient (Wildman–Crippen LogP) is 4.31. The molecule has 1 aromatic carbocycles. The molecule has 4 heteroatoms. The Morgan fingerprint density at radius 1 is 1.08 bits per heavy atom. The fourth-order valence-corrected chi connectivity index (χ4v) is 4.06. The van der Waals surface area contributed by atoms with Gasteiger partial charge in [-0.15, -0.1) is 0 Å². The summed E-state index contributed by atoms with van der Waals surface area (Å²) in [6.45, 7) is 0. The van der Waals surface area contributed by atoms with Gasteiger partial charge in [-0.1, -0.05) is 55.7 Å². The largest absolute Gasteiger partial charge is 0.349 e. The number of hydrogen-bond donors (Lipinski definition) is 1. The summed E-state index contributed by atoms with van der Waals surface area (Å²) in [6, 6.07) is 16.4. The molecule has 0 spiro atoms. The summed E-state index contributed by atoms with van der Waals surface area (Å²) in [5.41, 5.74) is 2.90. The van der Waals surface area contributed by atoms with Crippen LogP contribution in [0.15, 0.2) is 60.9 Å². The molecule has 134 valence electrons. The third-order valence-electron chi connectivity index (χ3n) is 5.35. The van der Waals surface area contributed by atoms with Gasteiger partial charge in [-0.2, -0.15) is 0 Å². The first-order valence-corrected chi connectivity index (χ1v) is 9.56. The van der Waals surface area contributed by atoms with Crippen molar-refractivity contribution in [2.45, 2.75) is 44.6 Å². The van der Waals surface area contributed by atoms with Crippen molar-refractivity contribution in [3.8, 4) is 0 Å². The number of nitrogens with one attached hydrogen (secondary N) is 1. The normalized spacial score (nSPS) is 16.5. The molecular weight excluding hydrogens is 322 g/mol. The van der Waals surface area contributed by atoms with E-state index < -0.39 is 0 Å². The average molecular weight is 347 g/mol. The zero-order valence-corrected chi connectivity index (χ0v) is 15.0. The minimum Gasteiger partial charge on any atom is -0.349 e. The fraction of sp³-hybridized carbons (Fsp3) is 0.364. The zero-order chi connectivity index (χ0) is 17.8. The molecule has 4 rings (SSSR count). The van der Waals surface area contributed by atoms with Crippen LogP contribution in [0.25, 0.3) is 5.65 Å². The summed E-state index contributed by atoms with van der Waals surface area (Å²) in [5, 5.41) is 3.31. The van der Waals surface area contributed by atoms with Crippen molar-refractivity contribution in [3.63, 3.8) is 0 Å². The molecule has 26 heavy (non-hydrogen) atoms. The van der Waals surface area contributed by atoms with Crippen LogP contribution in [0.3, 0.4) is 0 Å². The molecule has 1 aliphatic rings. The Morgan fingerprint density at radius 3 is 2.62 bits per heavy atom. The van der Waals surface area contributed by atoms with Gasteiger partial charge >= 0.3 is 0 Å². The quantitative estimate of drug-likeness (QED) is 0.747. The van der Waals surface area contributed by atoms with Crippen molar-refractivity contribution >= 4 is 11.6 Å². The van der Waals surface area contributed by atoms with Crippen molar-refractivity contribution in [3.05, 3.63) is 72.2 Å². The highest BCUT2D eigenvalue weighted by molar-refractivity contribution is 5.78. The lowest BCUT2D eigenvalue weighted by Gasteiger charge is -2.31. The number of carbonyl (C=O) groups is 1. The van der Waals surface area contributed by atoms with Gasteiger partial charge in [-0.25, -0.2) is 4.98 Å². The lowest BCUT2D eigenvalue weighted by atomic mass is 9.81. The number of pyridine rings is 1. The molecule has 2 aromatic heterocycles. The highest BCUT2D eigenvalue weighted by atomic mass is 16.1. The van der Waals surface area contributed by atoms with Crippen molar-refractivity contribution < 1.29 is 4.79 Å².